The van der Waals surface area contributed by atoms with E-state index in [1.165, 1.54) is 11.0 Å². The summed E-state index contributed by atoms with van der Waals surface area (Å²) in [6, 6.07) is 11.1. The van der Waals surface area contributed by atoms with Crippen molar-refractivity contribution >= 4 is 29.5 Å². The molecule has 0 spiro atoms. The first-order chi connectivity index (χ1) is 16.3. The van der Waals surface area contributed by atoms with Gasteiger partial charge in [0.2, 0.25) is 5.91 Å². The Bertz CT molecular complexity index is 1150. The normalized spacial score (nSPS) is 15.7. The van der Waals surface area contributed by atoms with Crippen LogP contribution < -0.4 is 16.4 Å². The van der Waals surface area contributed by atoms with Gasteiger partial charge in [-0.25, -0.2) is 0 Å². The van der Waals surface area contributed by atoms with Crippen LogP contribution in [0.4, 0.5) is 0 Å². The Hall–Kier alpha value is -4.01. The van der Waals surface area contributed by atoms with Gasteiger partial charge in [0.05, 0.1) is 17.7 Å². The van der Waals surface area contributed by atoms with Crippen molar-refractivity contribution in [2.24, 2.45) is 5.73 Å². The van der Waals surface area contributed by atoms with Gasteiger partial charge in [0.1, 0.15) is 0 Å². The Morgan fingerprint density at radius 1 is 0.824 bits per heavy atom. The zero-order valence-electron chi connectivity index (χ0n) is 18.6. The number of amides is 5. The fourth-order valence-electron chi connectivity index (χ4n) is 4.40. The minimum atomic E-state index is -0.632. The summed E-state index contributed by atoms with van der Waals surface area (Å²) in [7, 11) is 0. The Morgan fingerprint density at radius 2 is 1.44 bits per heavy atom. The molecule has 0 bridgehead atoms. The van der Waals surface area contributed by atoms with Crippen LogP contribution in [0.1, 0.15) is 79.1 Å². The summed E-state index contributed by atoms with van der Waals surface area (Å²) in [6.45, 7) is -0.0376. The van der Waals surface area contributed by atoms with Crippen LogP contribution in [0.3, 0.4) is 0 Å². The van der Waals surface area contributed by atoms with Crippen LogP contribution in [-0.4, -0.2) is 47.0 Å². The van der Waals surface area contributed by atoms with Gasteiger partial charge in [0.15, 0.2) is 0 Å². The van der Waals surface area contributed by atoms with Crippen LogP contribution in [0.15, 0.2) is 42.5 Å². The smallest absolute Gasteiger partial charge is 0.261 e. The largest absolute Gasteiger partial charge is 0.368 e. The quantitative estimate of drug-likeness (QED) is 0.538. The van der Waals surface area contributed by atoms with E-state index in [1.807, 2.05) is 0 Å². The summed E-state index contributed by atoms with van der Waals surface area (Å²) in [5, 5.41) is 5.19. The second-order valence-electron chi connectivity index (χ2n) is 8.56. The number of nitrogens with two attached hydrogens (primary N) is 1. The van der Waals surface area contributed by atoms with Crippen molar-refractivity contribution in [3.05, 3.63) is 70.3 Å². The highest BCUT2D eigenvalue weighted by molar-refractivity contribution is 6.22. The molecule has 0 unspecified atom stereocenters. The first kappa shape index (κ1) is 23.2. The molecule has 1 saturated carbocycles. The highest BCUT2D eigenvalue weighted by Gasteiger charge is 2.40. The van der Waals surface area contributed by atoms with E-state index in [9.17, 15) is 24.0 Å². The maximum absolute atomic E-state index is 12.9. The molecule has 1 aliphatic carbocycles. The third-order valence-electron chi connectivity index (χ3n) is 6.21. The summed E-state index contributed by atoms with van der Waals surface area (Å²) in [4.78, 5) is 62.5. The molecule has 4 rings (SSSR count). The predicted octanol–water partition coefficient (Wildman–Crippen LogP) is 1.76. The lowest BCUT2D eigenvalue weighted by atomic mass is 9.94. The van der Waals surface area contributed by atoms with Gasteiger partial charge in [-0.3, -0.25) is 28.9 Å². The van der Waals surface area contributed by atoms with E-state index >= 15 is 0 Å². The minimum absolute atomic E-state index is 0.0701. The van der Waals surface area contributed by atoms with Crippen molar-refractivity contribution in [3.8, 4) is 0 Å². The Morgan fingerprint density at radius 3 is 2.12 bits per heavy atom. The van der Waals surface area contributed by atoms with E-state index in [0.717, 1.165) is 37.7 Å². The number of benzene rings is 2. The molecule has 0 atom stereocenters. The number of fused-ring (bicyclic) bond motifs is 1. The molecule has 34 heavy (non-hydrogen) atoms. The fourth-order valence-corrected chi connectivity index (χ4v) is 4.40. The SMILES string of the molecule is NC(=O)CNC(=O)c1ccc(CNC(=O)c2ccc3c(c2)C(=O)N(C2CCCCC2)C3=O)cc1. The van der Waals surface area contributed by atoms with Gasteiger partial charge in [0, 0.05) is 23.7 Å². The minimum Gasteiger partial charge on any atom is -0.368 e. The van der Waals surface area contributed by atoms with Gasteiger partial charge >= 0.3 is 0 Å². The molecule has 9 nitrogen and oxygen atoms in total. The predicted molar refractivity (Wildman–Crippen MR) is 123 cm³/mol. The number of rotatable bonds is 7. The van der Waals surface area contributed by atoms with Gasteiger partial charge < -0.3 is 16.4 Å². The summed E-state index contributed by atoms with van der Waals surface area (Å²) in [6.07, 6.45) is 4.78. The van der Waals surface area contributed by atoms with Crippen molar-refractivity contribution in [2.45, 2.75) is 44.7 Å². The molecule has 1 aliphatic heterocycles. The van der Waals surface area contributed by atoms with E-state index in [0.29, 0.717) is 16.7 Å². The molecule has 2 aromatic carbocycles. The molecule has 0 saturated heterocycles. The maximum Gasteiger partial charge on any atom is 0.261 e. The van der Waals surface area contributed by atoms with Crippen molar-refractivity contribution in [1.29, 1.82) is 0 Å². The number of imide groups is 1. The van der Waals surface area contributed by atoms with Crippen molar-refractivity contribution in [1.82, 2.24) is 15.5 Å². The van der Waals surface area contributed by atoms with E-state index in [-0.39, 0.29) is 42.4 Å². The molecule has 2 aliphatic rings. The first-order valence-electron chi connectivity index (χ1n) is 11.3. The number of hydrogen-bond acceptors (Lipinski definition) is 5. The van der Waals surface area contributed by atoms with Crippen molar-refractivity contribution in [2.75, 3.05) is 6.54 Å². The third-order valence-corrected chi connectivity index (χ3v) is 6.21. The molecule has 0 aromatic heterocycles. The number of hydrogen-bond donors (Lipinski definition) is 3. The third kappa shape index (κ3) is 4.83. The summed E-state index contributed by atoms with van der Waals surface area (Å²) < 4.78 is 0. The highest BCUT2D eigenvalue weighted by atomic mass is 16.2. The standard InChI is InChI=1S/C25H26N4O5/c26-21(30)14-28-22(31)16-8-6-15(7-9-16)13-27-23(32)17-10-11-19-20(12-17)25(34)29(24(19)33)18-4-2-1-3-5-18/h6-12,18H,1-5,13-14H2,(H2,26,30)(H,27,32)(H,28,31). The summed E-state index contributed by atoms with van der Waals surface area (Å²) in [5.74, 6) is -2.03. The van der Waals surface area contributed by atoms with Crippen LogP contribution in [-0.2, 0) is 11.3 Å². The lowest BCUT2D eigenvalue weighted by Crippen LogP contribution is -2.40. The zero-order chi connectivity index (χ0) is 24.2. The van der Waals surface area contributed by atoms with Crippen LogP contribution in [0.2, 0.25) is 0 Å². The number of nitrogens with one attached hydrogen (secondary N) is 2. The van der Waals surface area contributed by atoms with Gasteiger partial charge in [-0.05, 0) is 48.7 Å². The average molecular weight is 463 g/mol. The lowest BCUT2D eigenvalue weighted by Gasteiger charge is -2.29. The van der Waals surface area contributed by atoms with Gasteiger partial charge in [-0.1, -0.05) is 31.4 Å². The van der Waals surface area contributed by atoms with Crippen molar-refractivity contribution < 1.29 is 24.0 Å². The molecular weight excluding hydrogens is 436 g/mol. The lowest BCUT2D eigenvalue weighted by molar-refractivity contribution is -0.117. The number of primary amides is 1. The monoisotopic (exact) mass is 462 g/mol. The number of carbonyl (C=O) groups excluding carboxylic acids is 5. The highest BCUT2D eigenvalue weighted by Crippen LogP contribution is 2.31. The number of carbonyl (C=O) groups is 5. The summed E-state index contributed by atoms with van der Waals surface area (Å²) in [5.41, 5.74) is 7.05. The molecule has 1 heterocycles. The summed E-state index contributed by atoms with van der Waals surface area (Å²) >= 11 is 0. The van der Waals surface area contributed by atoms with Gasteiger partial charge in [-0.15, -0.1) is 0 Å². The molecule has 0 radical (unpaired) electrons. The van der Waals surface area contributed by atoms with Crippen LogP contribution >= 0.6 is 0 Å². The number of nitrogens with zero attached hydrogens (tertiary/aromatic N) is 1. The van der Waals surface area contributed by atoms with Gasteiger partial charge in [0.25, 0.3) is 23.6 Å². The van der Waals surface area contributed by atoms with E-state index in [4.69, 9.17) is 5.73 Å². The van der Waals surface area contributed by atoms with Crippen LogP contribution in [0, 0.1) is 0 Å². The Kier molecular flexibility index (Phi) is 6.72. The van der Waals surface area contributed by atoms with E-state index in [2.05, 4.69) is 10.6 Å². The van der Waals surface area contributed by atoms with E-state index < -0.39 is 11.8 Å². The molecule has 9 heteroatoms. The maximum atomic E-state index is 12.9. The molecular formula is C25H26N4O5. The topological polar surface area (TPSA) is 139 Å². The van der Waals surface area contributed by atoms with Crippen LogP contribution in [0.5, 0.6) is 0 Å². The fraction of sp³-hybridized carbons (Fsp3) is 0.320. The average Bonchev–Trinajstić information content (AvgIpc) is 3.11. The van der Waals surface area contributed by atoms with Crippen LogP contribution in [0.25, 0.3) is 0 Å². The molecule has 176 valence electrons. The molecule has 4 N–H and O–H groups in total. The Labute approximate surface area is 196 Å². The molecule has 2 aromatic rings. The van der Waals surface area contributed by atoms with E-state index in [1.54, 1.807) is 36.4 Å². The van der Waals surface area contributed by atoms with Gasteiger partial charge in [-0.2, -0.15) is 0 Å². The molecule has 1 fully saturated rings. The second kappa shape index (κ2) is 9.86. The first-order valence-corrected chi connectivity index (χ1v) is 11.3. The molecule has 5 amide bonds. The van der Waals surface area contributed by atoms with Crippen molar-refractivity contribution in [3.63, 3.8) is 0 Å². The zero-order valence-corrected chi connectivity index (χ0v) is 18.6. The second-order valence-corrected chi connectivity index (χ2v) is 8.56. The Balaban J connectivity index is 1.38.